The summed E-state index contributed by atoms with van der Waals surface area (Å²) < 4.78 is 13.6. The van der Waals surface area contributed by atoms with Crippen LogP contribution in [0.2, 0.25) is 0 Å². The minimum atomic E-state index is -0.248. The van der Waals surface area contributed by atoms with Gasteiger partial charge in [0.2, 0.25) is 0 Å². The molecule has 1 unspecified atom stereocenters. The van der Waals surface area contributed by atoms with E-state index in [1.54, 1.807) is 12.1 Å². The van der Waals surface area contributed by atoms with Crippen molar-refractivity contribution in [1.29, 1.82) is 0 Å². The molecule has 1 atom stereocenters. The Balaban J connectivity index is 2.03. The van der Waals surface area contributed by atoms with Gasteiger partial charge in [0.15, 0.2) is 0 Å². The van der Waals surface area contributed by atoms with Crippen molar-refractivity contribution < 1.29 is 9.50 Å². The van der Waals surface area contributed by atoms with Crippen LogP contribution in [0.1, 0.15) is 19.8 Å². The van der Waals surface area contributed by atoms with Gasteiger partial charge in [-0.15, -0.1) is 11.8 Å². The lowest BCUT2D eigenvalue weighted by Crippen LogP contribution is -2.52. The molecule has 0 amide bonds. The van der Waals surface area contributed by atoms with E-state index in [2.05, 4.69) is 5.32 Å². The summed E-state index contributed by atoms with van der Waals surface area (Å²) in [7, 11) is 0. The number of aliphatic hydroxyl groups is 1. The third-order valence-electron chi connectivity index (χ3n) is 3.49. The molecule has 2 nitrogen and oxygen atoms in total. The van der Waals surface area contributed by atoms with Crippen LogP contribution >= 0.6 is 11.8 Å². The van der Waals surface area contributed by atoms with E-state index < -0.39 is 0 Å². The monoisotopic (exact) mass is 269 g/mol. The Bertz CT molecular complexity index is 397. The maximum Gasteiger partial charge on any atom is 0.136 e. The fourth-order valence-electron chi connectivity index (χ4n) is 2.30. The Morgan fingerprint density at radius 2 is 2.17 bits per heavy atom. The van der Waals surface area contributed by atoms with E-state index in [1.165, 1.54) is 17.8 Å². The van der Waals surface area contributed by atoms with Crippen molar-refractivity contribution in [2.45, 2.75) is 30.2 Å². The molecular formula is C14H20FNOS. The Hall–Kier alpha value is -0.580. The van der Waals surface area contributed by atoms with Crippen LogP contribution in [-0.4, -0.2) is 29.5 Å². The van der Waals surface area contributed by atoms with E-state index in [9.17, 15) is 9.50 Å². The highest BCUT2D eigenvalue weighted by molar-refractivity contribution is 7.99. The number of hydrogen-bond donors (Lipinski definition) is 2. The fourth-order valence-corrected chi connectivity index (χ4v) is 3.52. The van der Waals surface area contributed by atoms with Gasteiger partial charge in [-0.2, -0.15) is 0 Å². The van der Waals surface area contributed by atoms with Crippen LogP contribution in [0.5, 0.6) is 0 Å². The zero-order chi connectivity index (χ0) is 13.0. The quantitative estimate of drug-likeness (QED) is 0.746. The Morgan fingerprint density at radius 3 is 2.72 bits per heavy atom. The molecule has 4 heteroatoms. The zero-order valence-electron chi connectivity index (χ0n) is 10.7. The van der Waals surface area contributed by atoms with Gasteiger partial charge < -0.3 is 10.4 Å². The molecule has 0 spiro atoms. The highest BCUT2D eigenvalue weighted by Gasteiger charge is 2.44. The number of likely N-dealkylation sites (N-methyl/N-ethyl adjacent to an activating group) is 1. The molecule has 1 fully saturated rings. The minimum absolute atomic E-state index is 0.118. The number of rotatable bonds is 7. The highest BCUT2D eigenvalue weighted by atomic mass is 32.2. The number of hydrogen-bond acceptors (Lipinski definition) is 3. The molecule has 1 saturated carbocycles. The molecule has 1 aliphatic carbocycles. The first-order valence-corrected chi connectivity index (χ1v) is 7.43. The summed E-state index contributed by atoms with van der Waals surface area (Å²) in [6.45, 7) is 2.99. The van der Waals surface area contributed by atoms with Gasteiger partial charge in [-0.25, -0.2) is 4.39 Å². The first-order valence-electron chi connectivity index (χ1n) is 6.45. The van der Waals surface area contributed by atoms with Crippen molar-refractivity contribution in [2.75, 3.05) is 18.9 Å². The smallest absolute Gasteiger partial charge is 0.136 e. The molecule has 0 aliphatic heterocycles. The van der Waals surface area contributed by atoms with Gasteiger partial charge >= 0.3 is 0 Å². The second-order valence-corrected chi connectivity index (χ2v) is 5.86. The maximum absolute atomic E-state index is 13.6. The first kappa shape index (κ1) is 13.8. The lowest BCUT2D eigenvalue weighted by molar-refractivity contribution is 0.161. The predicted molar refractivity (Wildman–Crippen MR) is 73.3 cm³/mol. The van der Waals surface area contributed by atoms with E-state index >= 15 is 0 Å². The van der Waals surface area contributed by atoms with Gasteiger partial charge in [-0.3, -0.25) is 0 Å². The zero-order valence-corrected chi connectivity index (χ0v) is 11.5. The van der Waals surface area contributed by atoms with Crippen molar-refractivity contribution in [3.63, 3.8) is 0 Å². The van der Waals surface area contributed by atoms with Gasteiger partial charge in [0.1, 0.15) is 5.82 Å². The summed E-state index contributed by atoms with van der Waals surface area (Å²) in [5.41, 5.74) is -0.248. The van der Waals surface area contributed by atoms with Gasteiger partial charge in [0, 0.05) is 10.6 Å². The van der Waals surface area contributed by atoms with Crippen LogP contribution in [0, 0.1) is 11.7 Å². The van der Waals surface area contributed by atoms with Gasteiger partial charge in [0.05, 0.1) is 12.1 Å². The molecule has 0 heterocycles. The van der Waals surface area contributed by atoms with E-state index in [0.29, 0.717) is 16.6 Å². The molecular weight excluding hydrogens is 249 g/mol. The molecule has 1 aliphatic rings. The molecule has 0 bridgehead atoms. The SMILES string of the molecule is CCNC(CO)(CSc1ccccc1F)C1CC1. The number of benzene rings is 1. The Kier molecular flexibility index (Phi) is 4.65. The molecule has 0 radical (unpaired) electrons. The predicted octanol–water partition coefficient (Wildman–Crippen LogP) is 2.67. The van der Waals surface area contributed by atoms with Crippen molar-refractivity contribution in [2.24, 2.45) is 5.92 Å². The normalized spacial score (nSPS) is 18.6. The third kappa shape index (κ3) is 3.05. The van der Waals surface area contributed by atoms with Crippen LogP contribution in [0.3, 0.4) is 0 Å². The molecule has 2 N–H and O–H groups in total. The van der Waals surface area contributed by atoms with Crippen molar-refractivity contribution >= 4 is 11.8 Å². The van der Waals surface area contributed by atoms with Crippen LogP contribution in [0.4, 0.5) is 4.39 Å². The number of thioether (sulfide) groups is 1. The minimum Gasteiger partial charge on any atom is -0.394 e. The van der Waals surface area contributed by atoms with Crippen LogP contribution in [-0.2, 0) is 0 Å². The fraction of sp³-hybridized carbons (Fsp3) is 0.571. The second-order valence-electron chi connectivity index (χ2n) is 4.84. The molecule has 100 valence electrons. The molecule has 0 saturated heterocycles. The van der Waals surface area contributed by atoms with E-state index in [0.717, 1.165) is 19.4 Å². The summed E-state index contributed by atoms with van der Waals surface area (Å²) in [5.74, 6) is 1.06. The molecule has 18 heavy (non-hydrogen) atoms. The molecule has 1 aromatic rings. The largest absolute Gasteiger partial charge is 0.394 e. The van der Waals surface area contributed by atoms with E-state index in [-0.39, 0.29) is 18.0 Å². The lowest BCUT2D eigenvalue weighted by atomic mass is 9.97. The van der Waals surface area contributed by atoms with Crippen molar-refractivity contribution in [1.82, 2.24) is 5.32 Å². The first-order chi connectivity index (χ1) is 8.72. The summed E-state index contributed by atoms with van der Waals surface area (Å²) in [6.07, 6.45) is 2.32. The van der Waals surface area contributed by atoms with Crippen LogP contribution < -0.4 is 5.32 Å². The highest BCUT2D eigenvalue weighted by Crippen LogP contribution is 2.42. The number of nitrogens with one attached hydrogen (secondary N) is 1. The lowest BCUT2D eigenvalue weighted by Gasteiger charge is -2.33. The van der Waals surface area contributed by atoms with Gasteiger partial charge in [0.25, 0.3) is 0 Å². The summed E-state index contributed by atoms with van der Waals surface area (Å²) in [5, 5.41) is 13.1. The second kappa shape index (κ2) is 6.04. The maximum atomic E-state index is 13.6. The summed E-state index contributed by atoms with van der Waals surface area (Å²) in [6, 6.07) is 6.81. The number of aliphatic hydroxyl groups excluding tert-OH is 1. The van der Waals surface area contributed by atoms with Crippen LogP contribution in [0.25, 0.3) is 0 Å². The summed E-state index contributed by atoms with van der Waals surface area (Å²) in [4.78, 5) is 0.661. The van der Waals surface area contributed by atoms with Gasteiger partial charge in [-0.1, -0.05) is 19.1 Å². The summed E-state index contributed by atoms with van der Waals surface area (Å²) >= 11 is 1.49. The van der Waals surface area contributed by atoms with E-state index in [1.807, 2.05) is 13.0 Å². The average Bonchev–Trinajstić information content (AvgIpc) is 3.21. The number of halogens is 1. The standard InChI is InChI=1S/C14H20FNOS/c1-2-16-14(9-17,11-7-8-11)10-18-13-6-4-3-5-12(13)15/h3-6,11,16-17H,2,7-10H2,1H3. The Morgan fingerprint density at radius 1 is 1.44 bits per heavy atom. The van der Waals surface area contributed by atoms with E-state index in [4.69, 9.17) is 0 Å². The molecule has 1 aromatic carbocycles. The molecule has 2 rings (SSSR count). The Labute approximate surface area is 112 Å². The topological polar surface area (TPSA) is 32.3 Å². The van der Waals surface area contributed by atoms with Crippen molar-refractivity contribution in [3.05, 3.63) is 30.1 Å². The average molecular weight is 269 g/mol. The van der Waals surface area contributed by atoms with Crippen molar-refractivity contribution in [3.8, 4) is 0 Å². The third-order valence-corrected chi connectivity index (χ3v) is 4.79. The van der Waals surface area contributed by atoms with Crippen LogP contribution in [0.15, 0.2) is 29.2 Å². The van der Waals surface area contributed by atoms with Gasteiger partial charge in [-0.05, 0) is 37.4 Å². The molecule has 0 aromatic heterocycles.